The Morgan fingerprint density at radius 2 is 1.75 bits per heavy atom. The summed E-state index contributed by atoms with van der Waals surface area (Å²) in [5.41, 5.74) is 11.4. The van der Waals surface area contributed by atoms with E-state index in [1.807, 2.05) is 72.8 Å². The van der Waals surface area contributed by atoms with Crippen molar-refractivity contribution in [2.45, 2.75) is 37.6 Å². The molecule has 5 rings (SSSR count). The van der Waals surface area contributed by atoms with E-state index in [-0.39, 0.29) is 32.0 Å². The molecule has 11 nitrogen and oxygen atoms in total. The molecular weight excluding hydrogens is 678 g/mol. The van der Waals surface area contributed by atoms with Gasteiger partial charge < -0.3 is 29.4 Å². The van der Waals surface area contributed by atoms with Crippen molar-refractivity contribution in [1.82, 2.24) is 5.32 Å². The Hall–Kier alpha value is -5.03. The van der Waals surface area contributed by atoms with Crippen LogP contribution in [0.4, 0.5) is 0 Å². The van der Waals surface area contributed by atoms with Crippen LogP contribution in [0.1, 0.15) is 40.3 Å². The molecule has 0 aromatic heterocycles. The number of nitrogens with one attached hydrogen (secondary N) is 1. The number of carbonyl (C=O) groups excluding carboxylic acids is 1. The summed E-state index contributed by atoms with van der Waals surface area (Å²) in [5, 5.41) is 16.0. The number of aliphatic imine (C=N–C) groups is 1. The minimum atomic E-state index is -1.47. The third kappa shape index (κ3) is 7.74. The number of hydrogen-bond donors (Lipinski definition) is 2. The van der Waals surface area contributed by atoms with Crippen LogP contribution in [0.15, 0.2) is 106 Å². The number of benzene rings is 4. The van der Waals surface area contributed by atoms with Crippen LogP contribution in [0.2, 0.25) is 0 Å². The van der Waals surface area contributed by atoms with Gasteiger partial charge in [-0.3, -0.25) is 4.79 Å². The lowest BCUT2D eigenvalue weighted by atomic mass is 9.81. The molecule has 248 valence electrons. The molecule has 1 aliphatic rings. The molecule has 0 spiro atoms. The standard InChI is InChI=1S/C36H36BrN5O6/c1-45-31-17-12-24(20-32(31)46-2)22-39-35(44)36(21-26-8-3-4-9-27(26)23-40-42-38)33(29-10-5-6-11-30(29)37)48-34(41-36)25-13-15-28(16-14-25)47-19-7-18-43/h3-6,8-17,20,33,43H,7,18-19,21-23H2,1-2H3,(H,39,44)/t33-,36-/m1/s1. The van der Waals surface area contributed by atoms with Gasteiger partial charge in [-0.05, 0) is 64.7 Å². The topological polar surface area (TPSA) is 147 Å². The lowest BCUT2D eigenvalue weighted by Crippen LogP contribution is -2.50. The van der Waals surface area contributed by atoms with E-state index in [9.17, 15) is 4.79 Å². The summed E-state index contributed by atoms with van der Waals surface area (Å²) in [6.07, 6.45) is -0.158. The normalized spacial score (nSPS) is 16.7. The number of hydrogen-bond acceptors (Lipinski definition) is 8. The average molecular weight is 715 g/mol. The fraction of sp³-hybridized carbons (Fsp3) is 0.278. The van der Waals surface area contributed by atoms with Gasteiger partial charge in [0.1, 0.15) is 5.75 Å². The predicted octanol–water partition coefficient (Wildman–Crippen LogP) is 6.85. The largest absolute Gasteiger partial charge is 0.494 e. The maximum atomic E-state index is 14.7. The van der Waals surface area contributed by atoms with Crippen LogP contribution >= 0.6 is 15.9 Å². The summed E-state index contributed by atoms with van der Waals surface area (Å²) < 4.78 is 24.0. The molecular formula is C36H36BrN5O6. The van der Waals surface area contributed by atoms with Crippen molar-refractivity contribution < 1.29 is 28.8 Å². The van der Waals surface area contributed by atoms with Crippen LogP contribution in [0.5, 0.6) is 17.2 Å². The second-order valence-electron chi connectivity index (χ2n) is 11.0. The molecule has 0 fully saturated rings. The molecule has 12 heteroatoms. The highest BCUT2D eigenvalue weighted by molar-refractivity contribution is 9.10. The van der Waals surface area contributed by atoms with Gasteiger partial charge in [-0.2, -0.15) is 0 Å². The van der Waals surface area contributed by atoms with Gasteiger partial charge in [-0.1, -0.05) is 69.6 Å². The van der Waals surface area contributed by atoms with Gasteiger partial charge in [0.15, 0.2) is 23.1 Å². The van der Waals surface area contributed by atoms with Crippen LogP contribution in [0.3, 0.4) is 0 Å². The summed E-state index contributed by atoms with van der Waals surface area (Å²) in [6, 6.07) is 27.9. The monoisotopic (exact) mass is 713 g/mol. The number of rotatable bonds is 15. The summed E-state index contributed by atoms with van der Waals surface area (Å²) in [4.78, 5) is 22.8. The molecule has 0 unspecified atom stereocenters. The molecule has 0 radical (unpaired) electrons. The van der Waals surface area contributed by atoms with Gasteiger partial charge in [-0.15, -0.1) is 0 Å². The Morgan fingerprint density at radius 3 is 2.46 bits per heavy atom. The van der Waals surface area contributed by atoms with E-state index in [4.69, 9.17) is 34.6 Å². The van der Waals surface area contributed by atoms with Crippen molar-refractivity contribution in [3.63, 3.8) is 0 Å². The molecule has 48 heavy (non-hydrogen) atoms. The van der Waals surface area contributed by atoms with Crippen LogP contribution in [-0.2, 0) is 29.0 Å². The maximum absolute atomic E-state index is 14.7. The van der Waals surface area contributed by atoms with E-state index in [0.29, 0.717) is 41.7 Å². The number of aliphatic hydroxyl groups is 1. The Morgan fingerprint density at radius 1 is 1.02 bits per heavy atom. The third-order valence-corrected chi connectivity index (χ3v) is 8.72. The minimum Gasteiger partial charge on any atom is -0.494 e. The summed E-state index contributed by atoms with van der Waals surface area (Å²) in [6.45, 7) is 0.733. The molecule has 1 amide bonds. The highest BCUT2D eigenvalue weighted by Gasteiger charge is 2.54. The van der Waals surface area contributed by atoms with E-state index in [0.717, 1.165) is 26.7 Å². The van der Waals surface area contributed by atoms with E-state index in [1.165, 1.54) is 0 Å². The fourth-order valence-corrected chi connectivity index (χ4v) is 6.05. The molecule has 1 aliphatic heterocycles. The first kappa shape index (κ1) is 34.3. The first-order chi connectivity index (χ1) is 23.4. The lowest BCUT2D eigenvalue weighted by molar-refractivity contribution is -0.129. The summed E-state index contributed by atoms with van der Waals surface area (Å²) in [7, 11) is 3.13. The molecule has 1 heterocycles. The number of amides is 1. The first-order valence-electron chi connectivity index (χ1n) is 15.3. The van der Waals surface area contributed by atoms with E-state index < -0.39 is 11.6 Å². The van der Waals surface area contributed by atoms with Gasteiger partial charge >= 0.3 is 0 Å². The van der Waals surface area contributed by atoms with Crippen molar-refractivity contribution in [2.75, 3.05) is 27.4 Å². The minimum absolute atomic E-state index is 0.0430. The number of aliphatic hydroxyl groups excluding tert-OH is 1. The molecule has 4 aromatic rings. The zero-order valence-electron chi connectivity index (χ0n) is 26.6. The fourth-order valence-electron chi connectivity index (χ4n) is 5.56. The summed E-state index contributed by atoms with van der Waals surface area (Å²) in [5.74, 6) is 1.71. The zero-order chi connectivity index (χ0) is 33.9. The second kappa shape index (κ2) is 16.2. The first-order valence-corrected chi connectivity index (χ1v) is 16.1. The highest BCUT2D eigenvalue weighted by Crippen LogP contribution is 2.45. The average Bonchev–Trinajstić information content (AvgIpc) is 3.50. The molecule has 2 atom stereocenters. The molecule has 0 bridgehead atoms. The van der Waals surface area contributed by atoms with Crippen LogP contribution < -0.4 is 19.5 Å². The molecule has 0 saturated heterocycles. The highest BCUT2D eigenvalue weighted by atomic mass is 79.9. The van der Waals surface area contributed by atoms with Crippen LogP contribution in [0, 0.1) is 0 Å². The Labute approximate surface area is 287 Å². The number of methoxy groups -OCH3 is 2. The van der Waals surface area contributed by atoms with E-state index in [1.54, 1.807) is 32.4 Å². The number of ether oxygens (including phenoxy) is 4. The SMILES string of the molecule is COc1ccc(CNC(=O)[C@]2(Cc3ccccc3CN=[N+]=[N-])N=C(c3ccc(OCCCO)cc3)O[C@@H]2c2ccccc2Br)cc1OC. The lowest BCUT2D eigenvalue weighted by Gasteiger charge is -2.32. The van der Waals surface area contributed by atoms with Crippen molar-refractivity contribution >= 4 is 27.7 Å². The van der Waals surface area contributed by atoms with E-state index in [2.05, 4.69) is 31.3 Å². The quantitative estimate of drug-likeness (QED) is 0.0596. The van der Waals surface area contributed by atoms with Crippen molar-refractivity contribution in [2.24, 2.45) is 10.1 Å². The molecule has 2 N–H and O–H groups in total. The second-order valence-corrected chi connectivity index (χ2v) is 11.9. The predicted molar refractivity (Wildman–Crippen MR) is 185 cm³/mol. The van der Waals surface area contributed by atoms with Gasteiger partial charge in [0.25, 0.3) is 5.91 Å². The van der Waals surface area contributed by atoms with Crippen LogP contribution in [0.25, 0.3) is 10.4 Å². The van der Waals surface area contributed by atoms with Gasteiger partial charge in [0, 0.05) is 46.5 Å². The Balaban J connectivity index is 1.60. The van der Waals surface area contributed by atoms with E-state index >= 15 is 0 Å². The Kier molecular flexibility index (Phi) is 11.6. The van der Waals surface area contributed by atoms with Crippen molar-refractivity contribution in [1.29, 1.82) is 0 Å². The molecule has 0 saturated carbocycles. The molecule has 0 aliphatic carbocycles. The third-order valence-electron chi connectivity index (χ3n) is 8.00. The van der Waals surface area contributed by atoms with Gasteiger partial charge in [0.2, 0.25) is 5.90 Å². The maximum Gasteiger partial charge on any atom is 0.252 e. The van der Waals surface area contributed by atoms with Gasteiger partial charge in [-0.25, -0.2) is 4.99 Å². The van der Waals surface area contributed by atoms with Gasteiger partial charge in [0.05, 0.1) is 27.4 Å². The molecule has 4 aromatic carbocycles. The van der Waals surface area contributed by atoms with Crippen molar-refractivity contribution in [3.8, 4) is 17.2 Å². The van der Waals surface area contributed by atoms with Crippen molar-refractivity contribution in [3.05, 3.63) is 134 Å². The number of carbonyl (C=O) groups is 1. The van der Waals surface area contributed by atoms with Crippen LogP contribution in [-0.4, -0.2) is 49.9 Å². The summed E-state index contributed by atoms with van der Waals surface area (Å²) >= 11 is 3.68. The number of nitrogens with zero attached hydrogens (tertiary/aromatic N) is 4. The smallest absolute Gasteiger partial charge is 0.252 e. The zero-order valence-corrected chi connectivity index (χ0v) is 28.2. The number of halogens is 1. The Bertz CT molecular complexity index is 1810. The number of azide groups is 1.